The number of nitrogens with zero attached hydrogens (tertiary/aromatic N) is 8. The minimum Gasteiger partial charge on any atom is -0.372 e. The summed E-state index contributed by atoms with van der Waals surface area (Å²) in [6.07, 6.45) is 9.20. The molecule has 0 saturated carbocycles. The number of halogens is 1. The molecular formula is C46H54FN11O6. The molecule has 4 aromatic rings. The number of carbonyl (C=O) groups is 5. The second kappa shape index (κ2) is 18.1. The van der Waals surface area contributed by atoms with Crippen LogP contribution < -0.4 is 20.9 Å². The van der Waals surface area contributed by atoms with Gasteiger partial charge < -0.3 is 30.1 Å². The lowest BCUT2D eigenvalue weighted by Crippen LogP contribution is -2.58. The Hall–Kier alpha value is -6.27. The fourth-order valence-electron chi connectivity index (χ4n) is 9.52. The standard InChI is InChI=1S/C46H54FN11O6/c1-27(2)64-35-25-56(26-35)46(63)49-20-31-5-4-30(18-28(31)3)41-38(47)22-48-45(53-41)51-32-21-50-57(24-32)33-12-14-54(15-13-33)23-29-10-16-55(17-11-29)34-6-7-36-37(19-34)44(62)58(43(36)61)39-8-9-40(59)52-42(39)60/h4-7,18-19,21-22,24,27,29,33,35,39H,8-17,20,23,25-26H2,1-3H3,(H,49,63)(H,48,51,53)(H,52,59,60). The fourth-order valence-corrected chi connectivity index (χ4v) is 9.52. The lowest BCUT2D eigenvalue weighted by atomic mass is 9.94. The summed E-state index contributed by atoms with van der Waals surface area (Å²) in [4.78, 5) is 79.5. The topological polar surface area (TPSA) is 187 Å². The summed E-state index contributed by atoms with van der Waals surface area (Å²) in [5.74, 6) is -1.73. The second-order valence-electron chi connectivity index (χ2n) is 17.9. The van der Waals surface area contributed by atoms with Gasteiger partial charge in [0.15, 0.2) is 5.82 Å². The number of aryl methyl sites for hydroxylation is 1. The number of likely N-dealkylation sites (tertiary alicyclic amines) is 2. The molecular weight excluding hydrogens is 822 g/mol. The van der Waals surface area contributed by atoms with Crippen molar-refractivity contribution in [1.82, 2.24) is 45.1 Å². The highest BCUT2D eigenvalue weighted by Crippen LogP contribution is 2.33. The van der Waals surface area contributed by atoms with Crippen molar-refractivity contribution < 1.29 is 33.1 Å². The smallest absolute Gasteiger partial charge is 0.317 e. The van der Waals surface area contributed by atoms with E-state index in [1.165, 1.54) is 6.20 Å². The summed E-state index contributed by atoms with van der Waals surface area (Å²) in [5, 5.41) is 13.1. The summed E-state index contributed by atoms with van der Waals surface area (Å²) in [7, 11) is 0. The van der Waals surface area contributed by atoms with Crippen molar-refractivity contribution in [1.29, 1.82) is 0 Å². The largest absolute Gasteiger partial charge is 0.372 e. The van der Waals surface area contributed by atoms with Crippen molar-refractivity contribution >= 4 is 47.0 Å². The van der Waals surface area contributed by atoms with Gasteiger partial charge in [0.2, 0.25) is 17.8 Å². The molecule has 2 aromatic heterocycles. The Kier molecular flexibility index (Phi) is 12.1. The number of hydrogen-bond acceptors (Lipinski definition) is 12. The maximum atomic E-state index is 15.1. The molecule has 17 nitrogen and oxygen atoms in total. The van der Waals surface area contributed by atoms with E-state index in [1.807, 2.05) is 49.8 Å². The first-order chi connectivity index (χ1) is 30.9. The van der Waals surface area contributed by atoms with E-state index in [9.17, 15) is 24.0 Å². The highest BCUT2D eigenvalue weighted by Gasteiger charge is 2.45. The molecule has 0 spiro atoms. The Morgan fingerprint density at radius 3 is 2.44 bits per heavy atom. The summed E-state index contributed by atoms with van der Waals surface area (Å²) in [5.41, 5.74) is 4.81. The van der Waals surface area contributed by atoms with E-state index >= 15 is 4.39 Å². The molecule has 5 aliphatic rings. The van der Waals surface area contributed by atoms with Crippen LogP contribution in [0.25, 0.3) is 11.3 Å². The van der Waals surface area contributed by atoms with Crippen LogP contribution in [0.1, 0.15) is 90.3 Å². The SMILES string of the molecule is Cc1cc(-c2nc(Nc3cnn(C4CCN(CC5CCN(c6ccc7c(c6)C(=O)N(C6CCC(=O)NC6=O)C7=O)CC5)CC4)c3)ncc2F)ccc1CNC(=O)N1CC(OC(C)C)C1. The number of nitrogens with one attached hydrogen (secondary N) is 3. The number of ether oxygens (including phenoxy) is 1. The third-order valence-electron chi connectivity index (χ3n) is 13.1. The van der Waals surface area contributed by atoms with Gasteiger partial charge in [0.25, 0.3) is 11.8 Å². The minimum absolute atomic E-state index is 0.0770. The Balaban J connectivity index is 0.726. The van der Waals surface area contributed by atoms with Crippen molar-refractivity contribution in [2.24, 2.45) is 5.92 Å². The molecule has 1 unspecified atom stereocenters. The monoisotopic (exact) mass is 875 g/mol. The molecule has 336 valence electrons. The molecule has 9 rings (SSSR count). The van der Waals surface area contributed by atoms with E-state index in [0.717, 1.165) is 80.1 Å². The van der Waals surface area contributed by atoms with Crippen molar-refractivity contribution in [3.63, 3.8) is 0 Å². The van der Waals surface area contributed by atoms with Gasteiger partial charge in [-0.3, -0.25) is 34.1 Å². The van der Waals surface area contributed by atoms with Crippen LogP contribution >= 0.6 is 0 Å². The van der Waals surface area contributed by atoms with Gasteiger partial charge in [0.1, 0.15) is 11.7 Å². The molecule has 3 N–H and O–H groups in total. The van der Waals surface area contributed by atoms with Crippen LogP contribution in [0.3, 0.4) is 0 Å². The van der Waals surface area contributed by atoms with Crippen LogP contribution in [-0.4, -0.2) is 128 Å². The van der Waals surface area contributed by atoms with Gasteiger partial charge in [-0.1, -0.05) is 12.1 Å². The molecule has 0 bridgehead atoms. The molecule has 2 aromatic carbocycles. The van der Waals surface area contributed by atoms with E-state index in [-0.39, 0.29) is 48.8 Å². The Bertz CT molecular complexity index is 2460. The Labute approximate surface area is 370 Å². The number of imide groups is 2. The van der Waals surface area contributed by atoms with Crippen molar-refractivity contribution in [2.45, 2.75) is 90.1 Å². The van der Waals surface area contributed by atoms with Gasteiger partial charge in [-0.15, -0.1) is 0 Å². The van der Waals surface area contributed by atoms with Crippen molar-refractivity contribution in [3.8, 4) is 11.3 Å². The van der Waals surface area contributed by atoms with Gasteiger partial charge in [-0.05, 0) is 94.2 Å². The van der Waals surface area contributed by atoms with Crippen LogP contribution in [0.2, 0.25) is 0 Å². The number of piperidine rings is 3. The zero-order valence-electron chi connectivity index (χ0n) is 36.4. The molecule has 64 heavy (non-hydrogen) atoms. The predicted octanol–water partition coefficient (Wildman–Crippen LogP) is 4.80. The van der Waals surface area contributed by atoms with Gasteiger partial charge in [0.05, 0.1) is 60.5 Å². The summed E-state index contributed by atoms with van der Waals surface area (Å²) >= 11 is 0. The number of amides is 6. The van der Waals surface area contributed by atoms with Crippen LogP contribution in [-0.2, 0) is 20.9 Å². The highest BCUT2D eigenvalue weighted by atomic mass is 19.1. The van der Waals surface area contributed by atoms with Crippen LogP contribution in [0.15, 0.2) is 55.0 Å². The maximum absolute atomic E-state index is 15.1. The number of aromatic nitrogens is 4. The quantitative estimate of drug-likeness (QED) is 0.165. The fraction of sp³-hybridized carbons (Fsp3) is 0.478. The number of anilines is 3. The molecule has 1 atom stereocenters. The summed E-state index contributed by atoms with van der Waals surface area (Å²) < 4.78 is 22.8. The average molecular weight is 876 g/mol. The number of fused-ring (bicyclic) bond motifs is 1. The Morgan fingerprint density at radius 1 is 0.938 bits per heavy atom. The Morgan fingerprint density at radius 2 is 1.70 bits per heavy atom. The van der Waals surface area contributed by atoms with E-state index < -0.39 is 35.5 Å². The predicted molar refractivity (Wildman–Crippen MR) is 234 cm³/mol. The van der Waals surface area contributed by atoms with Crippen LogP contribution in [0.4, 0.5) is 26.5 Å². The molecule has 18 heteroatoms. The maximum Gasteiger partial charge on any atom is 0.317 e. The van der Waals surface area contributed by atoms with Gasteiger partial charge in [-0.25, -0.2) is 19.2 Å². The first-order valence-electron chi connectivity index (χ1n) is 22.3. The summed E-state index contributed by atoms with van der Waals surface area (Å²) in [6.45, 7) is 12.0. The van der Waals surface area contributed by atoms with Crippen LogP contribution in [0, 0.1) is 18.7 Å². The van der Waals surface area contributed by atoms with Crippen LogP contribution in [0.5, 0.6) is 0 Å². The lowest BCUT2D eigenvalue weighted by Gasteiger charge is -2.39. The molecule has 6 amide bonds. The minimum atomic E-state index is -0.980. The molecule has 0 aliphatic carbocycles. The number of urea groups is 1. The molecule has 4 saturated heterocycles. The molecule has 5 aliphatic heterocycles. The second-order valence-corrected chi connectivity index (χ2v) is 17.9. The van der Waals surface area contributed by atoms with E-state index in [2.05, 4.69) is 40.8 Å². The zero-order valence-corrected chi connectivity index (χ0v) is 36.4. The first-order valence-corrected chi connectivity index (χ1v) is 22.3. The first kappa shape index (κ1) is 43.0. The number of benzene rings is 2. The van der Waals surface area contributed by atoms with Gasteiger partial charge in [-0.2, -0.15) is 5.10 Å². The molecule has 4 fully saturated rings. The average Bonchev–Trinajstić information content (AvgIpc) is 3.83. The van der Waals surface area contributed by atoms with E-state index in [4.69, 9.17) is 4.74 Å². The highest BCUT2D eigenvalue weighted by molar-refractivity contribution is 6.23. The number of hydrogen-bond donors (Lipinski definition) is 3. The normalized spacial score (nSPS) is 20.2. The number of carbonyl (C=O) groups excluding carboxylic acids is 5. The lowest BCUT2D eigenvalue weighted by molar-refractivity contribution is -0.136. The summed E-state index contributed by atoms with van der Waals surface area (Å²) in [6, 6.07) is 10.0. The van der Waals surface area contributed by atoms with Crippen molar-refractivity contribution in [2.75, 3.05) is 56.0 Å². The zero-order chi connectivity index (χ0) is 44.6. The third-order valence-corrected chi connectivity index (χ3v) is 13.1. The van der Waals surface area contributed by atoms with Crippen molar-refractivity contribution in [3.05, 3.63) is 83.1 Å². The van der Waals surface area contributed by atoms with Gasteiger partial charge in [0, 0.05) is 63.1 Å². The third kappa shape index (κ3) is 9.06. The van der Waals surface area contributed by atoms with Gasteiger partial charge >= 0.3 is 6.03 Å². The molecule has 7 heterocycles. The van der Waals surface area contributed by atoms with E-state index in [1.54, 1.807) is 29.3 Å². The number of rotatable bonds is 12. The molecule has 0 radical (unpaired) electrons. The van der Waals surface area contributed by atoms with E-state index in [0.29, 0.717) is 47.9 Å².